The van der Waals surface area contributed by atoms with Gasteiger partial charge in [-0.1, -0.05) is 13.8 Å². The van der Waals surface area contributed by atoms with Crippen LogP contribution in [-0.4, -0.2) is 23.8 Å². The number of hydrogen-bond donors (Lipinski definition) is 1. The van der Waals surface area contributed by atoms with Gasteiger partial charge in [-0.05, 0) is 19.3 Å². The van der Waals surface area contributed by atoms with E-state index in [1.807, 2.05) is 0 Å². The summed E-state index contributed by atoms with van der Waals surface area (Å²) in [6, 6.07) is 0. The predicted molar refractivity (Wildman–Crippen MR) is 47.2 cm³/mol. The van der Waals surface area contributed by atoms with E-state index in [1.54, 1.807) is 0 Å². The monoisotopic (exact) mass is 174 g/mol. The Hall–Kier alpha value is -0.570. The Morgan fingerprint density at radius 2 is 2.00 bits per heavy atom. The highest BCUT2D eigenvalue weighted by Gasteiger charge is 2.03. The molecule has 0 aliphatic rings. The summed E-state index contributed by atoms with van der Waals surface area (Å²) in [5.41, 5.74) is 0. The molecule has 0 spiro atoms. The SMILES string of the molecule is CCC(CC)OCCCC(=O)O. The number of hydrogen-bond acceptors (Lipinski definition) is 2. The van der Waals surface area contributed by atoms with Crippen LogP contribution in [0.4, 0.5) is 0 Å². The zero-order chi connectivity index (χ0) is 9.40. The average molecular weight is 174 g/mol. The van der Waals surface area contributed by atoms with E-state index in [2.05, 4.69) is 13.8 Å². The van der Waals surface area contributed by atoms with Gasteiger partial charge >= 0.3 is 5.97 Å². The normalized spacial score (nSPS) is 10.6. The molecule has 0 aliphatic carbocycles. The highest BCUT2D eigenvalue weighted by molar-refractivity contribution is 5.66. The van der Waals surface area contributed by atoms with Crippen LogP contribution in [0.15, 0.2) is 0 Å². The molecule has 72 valence electrons. The molecule has 0 unspecified atom stereocenters. The van der Waals surface area contributed by atoms with Crippen molar-refractivity contribution in [3.63, 3.8) is 0 Å². The molecule has 0 atom stereocenters. The van der Waals surface area contributed by atoms with Crippen molar-refractivity contribution in [1.82, 2.24) is 0 Å². The first-order valence-corrected chi connectivity index (χ1v) is 4.54. The van der Waals surface area contributed by atoms with Gasteiger partial charge in [0.1, 0.15) is 0 Å². The Morgan fingerprint density at radius 1 is 1.42 bits per heavy atom. The van der Waals surface area contributed by atoms with Crippen LogP contribution in [0.25, 0.3) is 0 Å². The zero-order valence-corrected chi connectivity index (χ0v) is 7.88. The quantitative estimate of drug-likeness (QED) is 0.601. The topological polar surface area (TPSA) is 46.5 Å². The van der Waals surface area contributed by atoms with Crippen LogP contribution in [0.1, 0.15) is 39.5 Å². The minimum Gasteiger partial charge on any atom is -0.481 e. The Morgan fingerprint density at radius 3 is 2.42 bits per heavy atom. The number of ether oxygens (including phenoxy) is 1. The Labute approximate surface area is 73.7 Å². The number of carboxylic acids is 1. The number of carboxylic acid groups (broad SMARTS) is 1. The Kier molecular flexibility index (Phi) is 6.76. The van der Waals surface area contributed by atoms with Gasteiger partial charge < -0.3 is 9.84 Å². The van der Waals surface area contributed by atoms with E-state index < -0.39 is 5.97 Å². The fourth-order valence-electron chi connectivity index (χ4n) is 0.998. The smallest absolute Gasteiger partial charge is 0.303 e. The lowest BCUT2D eigenvalue weighted by atomic mass is 10.2. The summed E-state index contributed by atoms with van der Waals surface area (Å²) in [5.74, 6) is -0.747. The summed E-state index contributed by atoms with van der Waals surface area (Å²) in [7, 11) is 0. The zero-order valence-electron chi connectivity index (χ0n) is 7.88. The lowest BCUT2D eigenvalue weighted by molar-refractivity contribution is -0.137. The van der Waals surface area contributed by atoms with E-state index >= 15 is 0 Å². The van der Waals surface area contributed by atoms with Gasteiger partial charge in [-0.3, -0.25) is 4.79 Å². The third-order valence-corrected chi connectivity index (χ3v) is 1.80. The maximum atomic E-state index is 10.1. The van der Waals surface area contributed by atoms with Crippen molar-refractivity contribution in [2.45, 2.75) is 45.6 Å². The summed E-state index contributed by atoms with van der Waals surface area (Å²) >= 11 is 0. The summed E-state index contributed by atoms with van der Waals surface area (Å²) in [6.45, 7) is 4.72. The first kappa shape index (κ1) is 11.4. The van der Waals surface area contributed by atoms with Gasteiger partial charge in [0.25, 0.3) is 0 Å². The molecule has 12 heavy (non-hydrogen) atoms. The maximum absolute atomic E-state index is 10.1. The largest absolute Gasteiger partial charge is 0.481 e. The van der Waals surface area contributed by atoms with E-state index in [0.29, 0.717) is 19.1 Å². The van der Waals surface area contributed by atoms with Gasteiger partial charge in [0.2, 0.25) is 0 Å². The predicted octanol–water partition coefficient (Wildman–Crippen LogP) is 2.06. The second-order valence-electron chi connectivity index (χ2n) is 2.81. The minimum absolute atomic E-state index is 0.208. The van der Waals surface area contributed by atoms with Gasteiger partial charge in [-0.25, -0.2) is 0 Å². The number of carbonyl (C=O) groups is 1. The van der Waals surface area contributed by atoms with Crippen LogP contribution in [0, 0.1) is 0 Å². The van der Waals surface area contributed by atoms with Crippen molar-refractivity contribution < 1.29 is 14.6 Å². The lowest BCUT2D eigenvalue weighted by Crippen LogP contribution is -2.11. The van der Waals surface area contributed by atoms with Gasteiger partial charge in [0.05, 0.1) is 6.10 Å². The summed E-state index contributed by atoms with van der Waals surface area (Å²) in [5, 5.41) is 8.34. The van der Waals surface area contributed by atoms with E-state index in [1.165, 1.54) is 0 Å². The van der Waals surface area contributed by atoms with Crippen molar-refractivity contribution in [1.29, 1.82) is 0 Å². The molecular formula is C9H18O3. The standard InChI is InChI=1S/C9H18O3/c1-3-8(4-2)12-7-5-6-9(10)11/h8H,3-7H2,1-2H3,(H,10,11). The molecule has 3 nitrogen and oxygen atoms in total. The number of aliphatic carboxylic acids is 1. The molecular weight excluding hydrogens is 156 g/mol. The number of rotatable bonds is 7. The second kappa shape index (κ2) is 7.10. The molecule has 0 heterocycles. The molecule has 3 heteroatoms. The second-order valence-corrected chi connectivity index (χ2v) is 2.81. The maximum Gasteiger partial charge on any atom is 0.303 e. The first-order chi connectivity index (χ1) is 5.70. The van der Waals surface area contributed by atoms with Crippen molar-refractivity contribution in [2.24, 2.45) is 0 Å². The van der Waals surface area contributed by atoms with E-state index in [9.17, 15) is 4.79 Å². The molecule has 0 aromatic carbocycles. The fraction of sp³-hybridized carbons (Fsp3) is 0.889. The van der Waals surface area contributed by atoms with Crippen molar-refractivity contribution in [3.05, 3.63) is 0 Å². The van der Waals surface area contributed by atoms with Crippen LogP contribution < -0.4 is 0 Å². The molecule has 0 amide bonds. The molecule has 0 aliphatic heterocycles. The van der Waals surface area contributed by atoms with Crippen molar-refractivity contribution >= 4 is 5.97 Å². The van der Waals surface area contributed by atoms with Gasteiger partial charge in [0.15, 0.2) is 0 Å². The van der Waals surface area contributed by atoms with Gasteiger partial charge in [0, 0.05) is 13.0 Å². The fourth-order valence-corrected chi connectivity index (χ4v) is 0.998. The van der Waals surface area contributed by atoms with Gasteiger partial charge in [-0.15, -0.1) is 0 Å². The van der Waals surface area contributed by atoms with E-state index in [4.69, 9.17) is 9.84 Å². The third kappa shape index (κ3) is 6.16. The molecule has 0 bridgehead atoms. The van der Waals surface area contributed by atoms with E-state index in [0.717, 1.165) is 12.8 Å². The van der Waals surface area contributed by atoms with Crippen molar-refractivity contribution in [2.75, 3.05) is 6.61 Å². The third-order valence-electron chi connectivity index (χ3n) is 1.80. The molecule has 0 fully saturated rings. The highest BCUT2D eigenvalue weighted by atomic mass is 16.5. The Balaban J connectivity index is 3.23. The first-order valence-electron chi connectivity index (χ1n) is 4.54. The Bertz CT molecular complexity index is 119. The van der Waals surface area contributed by atoms with Crippen LogP contribution in [0.3, 0.4) is 0 Å². The summed E-state index contributed by atoms with van der Waals surface area (Å²) in [6.07, 6.45) is 3.14. The average Bonchev–Trinajstić information content (AvgIpc) is 2.04. The highest BCUT2D eigenvalue weighted by Crippen LogP contribution is 2.03. The minimum atomic E-state index is -0.747. The van der Waals surface area contributed by atoms with Crippen LogP contribution in [0.2, 0.25) is 0 Å². The molecule has 0 saturated heterocycles. The van der Waals surface area contributed by atoms with Crippen LogP contribution >= 0.6 is 0 Å². The summed E-state index contributed by atoms with van der Waals surface area (Å²) in [4.78, 5) is 10.1. The molecule has 1 N–H and O–H groups in total. The van der Waals surface area contributed by atoms with Crippen molar-refractivity contribution in [3.8, 4) is 0 Å². The van der Waals surface area contributed by atoms with E-state index in [-0.39, 0.29) is 6.42 Å². The van der Waals surface area contributed by atoms with Crippen LogP contribution in [-0.2, 0) is 9.53 Å². The van der Waals surface area contributed by atoms with Gasteiger partial charge in [-0.2, -0.15) is 0 Å². The van der Waals surface area contributed by atoms with Crippen LogP contribution in [0.5, 0.6) is 0 Å². The molecule has 0 aromatic rings. The molecule has 0 radical (unpaired) electrons. The lowest BCUT2D eigenvalue weighted by Gasteiger charge is -2.12. The summed E-state index contributed by atoms with van der Waals surface area (Å²) < 4.78 is 5.43. The molecule has 0 aromatic heterocycles. The molecule has 0 rings (SSSR count). The molecule has 0 saturated carbocycles.